The monoisotopic (exact) mass is 365 g/mol. The van der Waals surface area contributed by atoms with Crippen molar-refractivity contribution < 1.29 is 26.3 Å². The third-order valence-corrected chi connectivity index (χ3v) is 4.62. The van der Waals surface area contributed by atoms with Gasteiger partial charge in [0.05, 0.1) is 5.75 Å². The minimum Gasteiger partial charge on any atom is -0.485 e. The van der Waals surface area contributed by atoms with E-state index in [0.717, 1.165) is 12.5 Å². The summed E-state index contributed by atoms with van der Waals surface area (Å²) in [5.41, 5.74) is 0.424. The van der Waals surface area contributed by atoms with Crippen molar-refractivity contribution in [1.82, 2.24) is 4.72 Å². The minimum atomic E-state index is -3.51. The van der Waals surface area contributed by atoms with E-state index in [1.807, 2.05) is 13.0 Å². The predicted octanol–water partition coefficient (Wildman–Crippen LogP) is 3.81. The number of benzene rings is 1. The molecule has 0 aromatic heterocycles. The first-order valence-electron chi connectivity index (χ1n) is 7.60. The van der Waals surface area contributed by atoms with Crippen LogP contribution in [-0.2, 0) is 10.0 Å². The lowest BCUT2D eigenvalue weighted by atomic mass is 10.1. The normalized spacial score (nSPS) is 13.6. The van der Waals surface area contributed by atoms with Crippen molar-refractivity contribution >= 4 is 10.0 Å². The molecule has 4 nitrogen and oxygen atoms in total. The van der Waals surface area contributed by atoms with E-state index in [9.17, 15) is 21.6 Å². The van der Waals surface area contributed by atoms with Crippen LogP contribution in [0.4, 0.5) is 13.2 Å². The van der Waals surface area contributed by atoms with Crippen LogP contribution < -0.4 is 9.46 Å². The maximum atomic E-state index is 13.5. The first-order chi connectivity index (χ1) is 11.2. The highest BCUT2D eigenvalue weighted by Gasteiger charge is 2.17. The van der Waals surface area contributed by atoms with Gasteiger partial charge in [0.2, 0.25) is 10.0 Å². The van der Waals surface area contributed by atoms with Crippen molar-refractivity contribution in [3.8, 4) is 5.75 Å². The van der Waals surface area contributed by atoms with Crippen LogP contribution in [0.1, 0.15) is 38.3 Å². The van der Waals surface area contributed by atoms with Gasteiger partial charge in [0, 0.05) is 6.04 Å². The first-order valence-corrected chi connectivity index (χ1v) is 9.25. The third kappa shape index (κ3) is 7.35. The molecule has 1 aromatic rings. The Kier molecular flexibility index (Phi) is 8.27. The van der Waals surface area contributed by atoms with Crippen LogP contribution in [0.25, 0.3) is 0 Å². The fourth-order valence-corrected chi connectivity index (χ4v) is 3.20. The van der Waals surface area contributed by atoms with Gasteiger partial charge in [0.1, 0.15) is 6.61 Å². The fourth-order valence-electron chi connectivity index (χ4n) is 1.96. The van der Waals surface area contributed by atoms with Gasteiger partial charge >= 0.3 is 0 Å². The second-order valence-electron chi connectivity index (χ2n) is 5.22. The molecule has 0 bridgehead atoms. The van der Waals surface area contributed by atoms with Crippen molar-refractivity contribution in [1.29, 1.82) is 0 Å². The van der Waals surface area contributed by atoms with Gasteiger partial charge in [-0.15, -0.1) is 0 Å². The zero-order chi connectivity index (χ0) is 18.2. The SMILES string of the molecule is CC/C=C/CCS(=O)(=O)N[C@H](C)c1ccc(F)c(OCC(F)F)c1. The van der Waals surface area contributed by atoms with Crippen molar-refractivity contribution in [3.05, 3.63) is 41.7 Å². The topological polar surface area (TPSA) is 55.4 Å². The van der Waals surface area contributed by atoms with E-state index in [0.29, 0.717) is 12.0 Å². The fraction of sp³-hybridized carbons (Fsp3) is 0.500. The average molecular weight is 365 g/mol. The van der Waals surface area contributed by atoms with Crippen LogP contribution in [0.2, 0.25) is 0 Å². The van der Waals surface area contributed by atoms with Gasteiger partial charge in [-0.05, 0) is 37.5 Å². The molecule has 0 radical (unpaired) electrons. The summed E-state index contributed by atoms with van der Waals surface area (Å²) in [6.07, 6.45) is 2.17. The Balaban J connectivity index is 2.74. The summed E-state index contributed by atoms with van der Waals surface area (Å²) in [6, 6.07) is 3.03. The molecular weight excluding hydrogens is 343 g/mol. The van der Waals surface area contributed by atoms with E-state index in [4.69, 9.17) is 4.74 Å². The number of alkyl halides is 2. The van der Waals surface area contributed by atoms with Crippen molar-refractivity contribution in [2.45, 2.75) is 39.2 Å². The number of ether oxygens (including phenoxy) is 1. The molecule has 0 saturated heterocycles. The lowest BCUT2D eigenvalue weighted by molar-refractivity contribution is 0.0798. The number of rotatable bonds is 10. The average Bonchev–Trinajstić information content (AvgIpc) is 2.50. The highest BCUT2D eigenvalue weighted by atomic mass is 32.2. The summed E-state index contributed by atoms with van der Waals surface area (Å²) in [5, 5.41) is 0. The van der Waals surface area contributed by atoms with Crippen molar-refractivity contribution in [2.75, 3.05) is 12.4 Å². The molecule has 0 heterocycles. The number of hydrogen-bond acceptors (Lipinski definition) is 3. The van der Waals surface area contributed by atoms with E-state index < -0.39 is 34.9 Å². The number of halogens is 3. The molecule has 0 aliphatic heterocycles. The highest BCUT2D eigenvalue weighted by molar-refractivity contribution is 7.89. The Morgan fingerprint density at radius 1 is 1.29 bits per heavy atom. The van der Waals surface area contributed by atoms with E-state index >= 15 is 0 Å². The van der Waals surface area contributed by atoms with Gasteiger partial charge in [0.15, 0.2) is 11.6 Å². The molecule has 0 fully saturated rings. The lowest BCUT2D eigenvalue weighted by Gasteiger charge is -2.16. The Labute approximate surface area is 140 Å². The number of sulfonamides is 1. The maximum absolute atomic E-state index is 13.5. The summed E-state index contributed by atoms with van der Waals surface area (Å²) >= 11 is 0. The van der Waals surface area contributed by atoms with Crippen LogP contribution in [0, 0.1) is 5.82 Å². The van der Waals surface area contributed by atoms with E-state index in [1.165, 1.54) is 12.1 Å². The Morgan fingerprint density at radius 3 is 2.62 bits per heavy atom. The summed E-state index contributed by atoms with van der Waals surface area (Å²) in [5.74, 6) is -1.17. The predicted molar refractivity (Wildman–Crippen MR) is 87.3 cm³/mol. The van der Waals surface area contributed by atoms with Crippen LogP contribution in [0.15, 0.2) is 30.4 Å². The van der Waals surface area contributed by atoms with Gasteiger partial charge in [-0.3, -0.25) is 0 Å². The molecule has 24 heavy (non-hydrogen) atoms. The Morgan fingerprint density at radius 2 is 2.00 bits per heavy atom. The van der Waals surface area contributed by atoms with Crippen LogP contribution in [0.3, 0.4) is 0 Å². The minimum absolute atomic E-state index is 0.0657. The molecule has 0 aliphatic carbocycles. The zero-order valence-electron chi connectivity index (χ0n) is 13.6. The number of nitrogens with one attached hydrogen (secondary N) is 1. The van der Waals surface area contributed by atoms with Crippen molar-refractivity contribution in [2.24, 2.45) is 0 Å². The quantitative estimate of drug-likeness (QED) is 0.642. The molecule has 0 aliphatic rings. The van der Waals surface area contributed by atoms with Gasteiger partial charge < -0.3 is 4.74 Å². The molecule has 1 N–H and O–H groups in total. The summed E-state index contributed by atoms with van der Waals surface area (Å²) in [4.78, 5) is 0. The second-order valence-corrected chi connectivity index (χ2v) is 7.09. The smallest absolute Gasteiger partial charge is 0.272 e. The van der Waals surface area contributed by atoms with Gasteiger partial charge in [-0.1, -0.05) is 25.1 Å². The van der Waals surface area contributed by atoms with Crippen LogP contribution in [0.5, 0.6) is 5.75 Å². The van der Waals surface area contributed by atoms with E-state index in [1.54, 1.807) is 13.0 Å². The molecule has 0 spiro atoms. The van der Waals surface area contributed by atoms with Gasteiger partial charge in [0.25, 0.3) is 6.43 Å². The first kappa shape index (κ1) is 20.5. The van der Waals surface area contributed by atoms with Gasteiger partial charge in [-0.2, -0.15) is 0 Å². The second kappa shape index (κ2) is 9.68. The van der Waals surface area contributed by atoms with E-state index in [2.05, 4.69) is 4.72 Å². The molecular formula is C16H22F3NO3S. The van der Waals surface area contributed by atoms with Crippen molar-refractivity contribution in [3.63, 3.8) is 0 Å². The number of allylic oxidation sites excluding steroid dienone is 2. The third-order valence-electron chi connectivity index (χ3n) is 3.13. The highest BCUT2D eigenvalue weighted by Crippen LogP contribution is 2.23. The summed E-state index contributed by atoms with van der Waals surface area (Å²) in [6.45, 7) is 2.61. The molecule has 0 unspecified atom stereocenters. The summed E-state index contributed by atoms with van der Waals surface area (Å²) in [7, 11) is -3.51. The van der Waals surface area contributed by atoms with E-state index in [-0.39, 0.29) is 11.5 Å². The maximum Gasteiger partial charge on any atom is 0.272 e. The number of hydrogen-bond donors (Lipinski definition) is 1. The molecule has 0 amide bonds. The molecule has 8 heteroatoms. The molecule has 136 valence electrons. The molecule has 0 saturated carbocycles. The summed E-state index contributed by atoms with van der Waals surface area (Å²) < 4.78 is 69.0. The Hall–Kier alpha value is -1.54. The standard InChI is InChI=1S/C16H22F3NO3S/c1-3-4-5-6-9-24(21,22)20-12(2)13-7-8-14(17)15(10-13)23-11-16(18)19/h4-5,7-8,10,12,16,20H,3,6,9,11H2,1-2H3/b5-4+/t12-/m1/s1. The van der Waals surface area contributed by atoms with Crippen LogP contribution in [-0.4, -0.2) is 27.2 Å². The van der Waals surface area contributed by atoms with Crippen LogP contribution >= 0.6 is 0 Å². The largest absolute Gasteiger partial charge is 0.485 e. The molecule has 1 rings (SSSR count). The lowest BCUT2D eigenvalue weighted by Crippen LogP contribution is -2.29. The Bertz CT molecular complexity index is 648. The molecule has 1 aromatic carbocycles. The zero-order valence-corrected chi connectivity index (χ0v) is 14.5. The molecule has 1 atom stereocenters. The van der Waals surface area contributed by atoms with Gasteiger partial charge in [-0.25, -0.2) is 26.3 Å².